The molecule has 0 radical (unpaired) electrons. The Bertz CT molecular complexity index is 173. The fourth-order valence-corrected chi connectivity index (χ4v) is 0.620. The fourth-order valence-electron chi connectivity index (χ4n) is 0.620. The highest BCUT2D eigenvalue weighted by molar-refractivity contribution is 5.41. The van der Waals surface area contributed by atoms with Crippen LogP contribution in [0.5, 0.6) is 0 Å². The average molecular weight is 182 g/mol. The Balaban J connectivity index is 0. The van der Waals surface area contributed by atoms with E-state index in [4.69, 9.17) is 4.42 Å². The second kappa shape index (κ2) is 13.6. The van der Waals surface area contributed by atoms with E-state index in [1.165, 1.54) is 0 Å². The summed E-state index contributed by atoms with van der Waals surface area (Å²) in [5, 5.41) is 0. The van der Waals surface area contributed by atoms with E-state index in [0.29, 0.717) is 0 Å². The molecule has 76 valence electrons. The molecule has 1 aromatic rings. The van der Waals surface area contributed by atoms with Crippen LogP contribution in [0, 0.1) is 0 Å². The molecule has 0 aliphatic rings. The SMILES string of the molecule is CC.CC.CC/C=C/c1ccco1. The van der Waals surface area contributed by atoms with Crippen LogP contribution in [0.3, 0.4) is 0 Å². The quantitative estimate of drug-likeness (QED) is 0.643. The zero-order chi connectivity index (χ0) is 10.5. The van der Waals surface area contributed by atoms with Crippen molar-refractivity contribution in [3.8, 4) is 0 Å². The maximum Gasteiger partial charge on any atom is 0.126 e. The standard InChI is InChI=1S/C8H10O.2C2H6/c1-2-3-5-8-6-4-7-9-8;2*1-2/h3-7H,2H2,1H3;2*1-2H3/b5-3+;;. The van der Waals surface area contributed by atoms with Crippen LogP contribution in [0.4, 0.5) is 0 Å². The third kappa shape index (κ3) is 8.93. The van der Waals surface area contributed by atoms with E-state index in [0.717, 1.165) is 12.2 Å². The van der Waals surface area contributed by atoms with Gasteiger partial charge in [0.2, 0.25) is 0 Å². The molecule has 0 spiro atoms. The molecule has 1 heteroatoms. The molecule has 1 nitrogen and oxygen atoms in total. The van der Waals surface area contributed by atoms with Crippen LogP contribution in [0.15, 0.2) is 28.9 Å². The third-order valence-corrected chi connectivity index (χ3v) is 1.06. The smallest absolute Gasteiger partial charge is 0.126 e. The summed E-state index contributed by atoms with van der Waals surface area (Å²) in [6.45, 7) is 10.1. The Morgan fingerprint density at radius 3 is 2.23 bits per heavy atom. The van der Waals surface area contributed by atoms with Gasteiger partial charge in [0.1, 0.15) is 5.76 Å². The minimum atomic E-state index is 0.928. The molecule has 1 rings (SSSR count). The molecule has 0 amide bonds. The fraction of sp³-hybridized carbons (Fsp3) is 0.500. The second-order valence-electron chi connectivity index (χ2n) is 1.83. The van der Waals surface area contributed by atoms with Gasteiger partial charge in [-0.05, 0) is 24.6 Å². The Hall–Kier alpha value is -0.980. The number of rotatable bonds is 2. The largest absolute Gasteiger partial charge is 0.465 e. The van der Waals surface area contributed by atoms with Gasteiger partial charge in [0, 0.05) is 0 Å². The molecule has 1 heterocycles. The van der Waals surface area contributed by atoms with E-state index >= 15 is 0 Å². The summed E-state index contributed by atoms with van der Waals surface area (Å²) < 4.78 is 5.05. The van der Waals surface area contributed by atoms with Crippen LogP contribution >= 0.6 is 0 Å². The van der Waals surface area contributed by atoms with Crippen LogP contribution in [0.1, 0.15) is 46.8 Å². The lowest BCUT2D eigenvalue weighted by molar-refractivity contribution is 0.557. The Kier molecular flexibility index (Phi) is 15.2. The van der Waals surface area contributed by atoms with Gasteiger partial charge < -0.3 is 4.42 Å². The summed E-state index contributed by atoms with van der Waals surface area (Å²) in [5.74, 6) is 0.928. The van der Waals surface area contributed by atoms with E-state index in [1.54, 1.807) is 6.26 Å². The molecule has 0 aliphatic carbocycles. The predicted molar refractivity (Wildman–Crippen MR) is 60.7 cm³/mol. The van der Waals surface area contributed by atoms with Crippen LogP contribution in [0.2, 0.25) is 0 Å². The average Bonchev–Trinajstić information content (AvgIpc) is 2.73. The minimum absolute atomic E-state index is 0.928. The zero-order valence-corrected chi connectivity index (χ0v) is 9.50. The van der Waals surface area contributed by atoms with Crippen molar-refractivity contribution in [2.45, 2.75) is 41.0 Å². The first kappa shape index (κ1) is 14.5. The Labute approximate surface area is 82.5 Å². The van der Waals surface area contributed by atoms with Crippen molar-refractivity contribution in [1.82, 2.24) is 0 Å². The number of furan rings is 1. The molecule has 0 bridgehead atoms. The summed E-state index contributed by atoms with van der Waals surface area (Å²) in [4.78, 5) is 0. The van der Waals surface area contributed by atoms with Crippen LogP contribution in [0.25, 0.3) is 6.08 Å². The lowest BCUT2D eigenvalue weighted by Gasteiger charge is -1.79. The van der Waals surface area contributed by atoms with Gasteiger partial charge in [0.05, 0.1) is 6.26 Å². The summed E-state index contributed by atoms with van der Waals surface area (Å²) >= 11 is 0. The van der Waals surface area contributed by atoms with Crippen LogP contribution < -0.4 is 0 Å². The first-order valence-corrected chi connectivity index (χ1v) is 5.13. The van der Waals surface area contributed by atoms with Gasteiger partial charge >= 0.3 is 0 Å². The lowest BCUT2D eigenvalue weighted by Crippen LogP contribution is -1.57. The highest BCUT2D eigenvalue weighted by Gasteiger charge is 1.83. The number of hydrogen-bond donors (Lipinski definition) is 0. The topological polar surface area (TPSA) is 13.1 Å². The van der Waals surface area contributed by atoms with Crippen LogP contribution in [-0.4, -0.2) is 0 Å². The van der Waals surface area contributed by atoms with Crippen LogP contribution in [-0.2, 0) is 0 Å². The molecule has 1 aromatic heterocycles. The van der Waals surface area contributed by atoms with E-state index in [1.807, 2.05) is 45.9 Å². The van der Waals surface area contributed by atoms with E-state index in [-0.39, 0.29) is 0 Å². The first-order valence-electron chi connectivity index (χ1n) is 5.13. The summed E-state index contributed by atoms with van der Waals surface area (Å²) in [6.07, 6.45) is 6.77. The second-order valence-corrected chi connectivity index (χ2v) is 1.83. The lowest BCUT2D eigenvalue weighted by atomic mass is 10.3. The highest BCUT2D eigenvalue weighted by atomic mass is 16.3. The molecular formula is C12H22O. The van der Waals surface area contributed by atoms with Gasteiger partial charge in [-0.1, -0.05) is 40.7 Å². The van der Waals surface area contributed by atoms with Crippen molar-refractivity contribution in [3.05, 3.63) is 30.2 Å². The molecule has 0 aromatic carbocycles. The molecule has 0 aliphatic heterocycles. The minimum Gasteiger partial charge on any atom is -0.465 e. The van der Waals surface area contributed by atoms with E-state index in [2.05, 4.69) is 13.0 Å². The Morgan fingerprint density at radius 1 is 1.23 bits per heavy atom. The van der Waals surface area contributed by atoms with Crippen molar-refractivity contribution < 1.29 is 4.42 Å². The van der Waals surface area contributed by atoms with Gasteiger partial charge in [-0.2, -0.15) is 0 Å². The van der Waals surface area contributed by atoms with E-state index in [9.17, 15) is 0 Å². The van der Waals surface area contributed by atoms with Gasteiger partial charge in [-0.15, -0.1) is 0 Å². The molecular weight excluding hydrogens is 160 g/mol. The van der Waals surface area contributed by atoms with Gasteiger partial charge in [0.15, 0.2) is 0 Å². The number of allylic oxidation sites excluding steroid dienone is 1. The number of hydrogen-bond acceptors (Lipinski definition) is 1. The Morgan fingerprint density at radius 2 is 1.85 bits per heavy atom. The van der Waals surface area contributed by atoms with Crippen molar-refractivity contribution in [1.29, 1.82) is 0 Å². The molecule has 0 N–H and O–H groups in total. The summed E-state index contributed by atoms with van der Waals surface area (Å²) in [7, 11) is 0. The highest BCUT2D eigenvalue weighted by Crippen LogP contribution is 2.02. The summed E-state index contributed by atoms with van der Waals surface area (Å²) in [5.41, 5.74) is 0. The monoisotopic (exact) mass is 182 g/mol. The molecule has 0 atom stereocenters. The molecule has 0 saturated heterocycles. The predicted octanol–water partition coefficient (Wildman–Crippen LogP) is 4.76. The summed E-state index contributed by atoms with van der Waals surface area (Å²) in [6, 6.07) is 3.82. The maximum atomic E-state index is 5.05. The van der Waals surface area contributed by atoms with Crippen molar-refractivity contribution >= 4 is 6.08 Å². The maximum absolute atomic E-state index is 5.05. The normalized spacial score (nSPS) is 8.38. The van der Waals surface area contributed by atoms with E-state index < -0.39 is 0 Å². The van der Waals surface area contributed by atoms with Crippen molar-refractivity contribution in [3.63, 3.8) is 0 Å². The first-order chi connectivity index (χ1) is 6.43. The van der Waals surface area contributed by atoms with Gasteiger partial charge in [-0.25, -0.2) is 0 Å². The molecule has 13 heavy (non-hydrogen) atoms. The molecule has 0 saturated carbocycles. The molecule has 0 fully saturated rings. The van der Waals surface area contributed by atoms with Gasteiger partial charge in [-0.3, -0.25) is 0 Å². The third-order valence-electron chi connectivity index (χ3n) is 1.06. The van der Waals surface area contributed by atoms with Crippen molar-refractivity contribution in [2.75, 3.05) is 0 Å². The van der Waals surface area contributed by atoms with Crippen molar-refractivity contribution in [2.24, 2.45) is 0 Å². The zero-order valence-electron chi connectivity index (χ0n) is 9.50. The molecule has 0 unspecified atom stereocenters. The van der Waals surface area contributed by atoms with Gasteiger partial charge in [0.25, 0.3) is 0 Å².